The molecule has 0 saturated heterocycles. The molecule has 0 N–H and O–H groups in total. The minimum absolute atomic E-state index is 0. The van der Waals surface area contributed by atoms with Crippen molar-refractivity contribution in [2.24, 2.45) is 0 Å². The number of carbonyl (C=O) groups is 6. The first-order valence-corrected chi connectivity index (χ1v) is 3.20. The fourth-order valence-corrected chi connectivity index (χ4v) is 0. The van der Waals surface area contributed by atoms with Crippen LogP contribution in [0.2, 0.25) is 0 Å². The number of hydrogen-bond donors (Lipinski definition) is 0. The zero-order chi connectivity index (χ0) is 15.5. The molecule has 20 heavy (non-hydrogen) atoms. The largest absolute Gasteiger partial charge is 4.00 e. The average Bonchev–Trinajstić information content (AvgIpc) is 2.18. The molecule has 2 radical (unpaired) electrons. The topological polar surface area (TPSA) is 241 Å². The van der Waals surface area contributed by atoms with Gasteiger partial charge in [-0.15, -0.1) is 0 Å². The summed E-state index contributed by atoms with van der Waals surface area (Å²) in [6.45, 7) is 0. The van der Waals surface area contributed by atoms with Crippen LogP contribution in [-0.2, 0) is 50.5 Å². The Balaban J connectivity index is -0.0000000536. The van der Waals surface area contributed by atoms with Crippen LogP contribution in [0.1, 0.15) is 0 Å². The Morgan fingerprint density at radius 2 is 0.450 bits per heavy atom. The second kappa shape index (κ2) is 17.5. The SMILES string of the molecule is O=C([O-])C(=O)[O-].O=C([O-])C(=O)[O-].O=C([O-])C(=O)[O-].[Pb+2].[Ti+4]. The van der Waals surface area contributed by atoms with Crippen molar-refractivity contribution in [3.8, 4) is 0 Å². The van der Waals surface area contributed by atoms with E-state index < -0.39 is 35.8 Å². The third-order valence-corrected chi connectivity index (χ3v) is 0.500. The zero-order valence-electron chi connectivity index (χ0n) is 8.90. The Kier molecular flexibility index (Phi) is 27.1. The van der Waals surface area contributed by atoms with Gasteiger partial charge in [-0.2, -0.15) is 0 Å². The third kappa shape index (κ3) is 36.0. The molecule has 0 aliphatic heterocycles. The fourth-order valence-electron chi connectivity index (χ4n) is 0. The van der Waals surface area contributed by atoms with Crippen LogP contribution in [0.25, 0.3) is 0 Å². The summed E-state index contributed by atoms with van der Waals surface area (Å²) in [4.78, 5) is 53.6. The van der Waals surface area contributed by atoms with Gasteiger partial charge in [-0.05, 0) is 0 Å². The van der Waals surface area contributed by atoms with E-state index in [9.17, 15) is 0 Å². The summed E-state index contributed by atoms with van der Waals surface area (Å²) in [6, 6.07) is 0. The van der Waals surface area contributed by atoms with E-state index in [1.807, 2.05) is 0 Å². The molecule has 0 aromatic heterocycles. The van der Waals surface area contributed by atoms with E-state index in [-0.39, 0.29) is 49.0 Å². The smallest absolute Gasteiger partial charge is 0.543 e. The van der Waals surface area contributed by atoms with Gasteiger partial charge in [0.05, 0.1) is 35.8 Å². The van der Waals surface area contributed by atoms with Gasteiger partial charge in [0.25, 0.3) is 0 Å². The van der Waals surface area contributed by atoms with Crippen molar-refractivity contribution in [1.82, 2.24) is 0 Å². The molecule has 0 amide bonds. The van der Waals surface area contributed by atoms with Gasteiger partial charge in [-0.25, -0.2) is 0 Å². The number of carboxylic acid groups (broad SMARTS) is 6. The Morgan fingerprint density at radius 1 is 0.400 bits per heavy atom. The summed E-state index contributed by atoms with van der Waals surface area (Å²) in [6.07, 6.45) is 0. The van der Waals surface area contributed by atoms with E-state index in [1.54, 1.807) is 0 Å². The van der Waals surface area contributed by atoms with Gasteiger partial charge >= 0.3 is 49.0 Å². The van der Waals surface area contributed by atoms with Gasteiger partial charge in [0.1, 0.15) is 0 Å². The van der Waals surface area contributed by atoms with E-state index in [0.29, 0.717) is 0 Å². The molecule has 0 aliphatic carbocycles. The first-order valence-electron chi connectivity index (χ1n) is 3.20. The van der Waals surface area contributed by atoms with Gasteiger partial charge in [0.15, 0.2) is 0 Å². The molecule has 0 aromatic carbocycles. The normalized spacial score (nSPS) is 6.60. The number of hydrogen-bond acceptors (Lipinski definition) is 12. The Morgan fingerprint density at radius 3 is 0.450 bits per heavy atom. The molecule has 0 heterocycles. The van der Waals surface area contributed by atoms with Crippen molar-refractivity contribution in [2.75, 3.05) is 0 Å². The standard InChI is InChI=1S/3C2H2O4.Pb.Ti/c3*3-1(4)2(5)6;;/h3*(H,3,4)(H,5,6);;/q;;;+2;+4/p-6. The van der Waals surface area contributed by atoms with Crippen molar-refractivity contribution >= 4 is 63.1 Å². The van der Waals surface area contributed by atoms with E-state index in [4.69, 9.17) is 59.4 Å². The molecule has 12 nitrogen and oxygen atoms in total. The molecule has 0 atom stereocenters. The third-order valence-electron chi connectivity index (χ3n) is 0.500. The second-order valence-corrected chi connectivity index (χ2v) is 1.72. The van der Waals surface area contributed by atoms with Crippen LogP contribution < -0.4 is 30.6 Å². The molecule has 104 valence electrons. The maximum atomic E-state index is 8.93. The molecule has 0 aliphatic rings. The van der Waals surface area contributed by atoms with Crippen LogP contribution in [0.3, 0.4) is 0 Å². The van der Waals surface area contributed by atoms with Crippen molar-refractivity contribution in [1.29, 1.82) is 0 Å². The molecule has 0 bridgehead atoms. The van der Waals surface area contributed by atoms with Gasteiger partial charge in [-0.1, -0.05) is 0 Å². The van der Waals surface area contributed by atoms with E-state index in [1.165, 1.54) is 0 Å². The van der Waals surface area contributed by atoms with Gasteiger partial charge in [0.2, 0.25) is 0 Å². The Bertz CT molecular complexity index is 283. The van der Waals surface area contributed by atoms with Gasteiger partial charge in [0, 0.05) is 0 Å². The monoisotopic (exact) mass is 520 g/mol. The van der Waals surface area contributed by atoms with Crippen molar-refractivity contribution < 1.29 is 81.1 Å². The number of carbonyl (C=O) groups excluding carboxylic acids is 6. The number of aliphatic carboxylic acids is 6. The number of carboxylic acids is 6. The molecule has 0 unspecified atom stereocenters. The van der Waals surface area contributed by atoms with Gasteiger partial charge in [-0.3, -0.25) is 0 Å². The first-order chi connectivity index (χ1) is 7.93. The molecule has 0 rings (SSSR count). The van der Waals surface area contributed by atoms with Crippen LogP contribution in [0.5, 0.6) is 0 Å². The minimum Gasteiger partial charge on any atom is -0.543 e. The van der Waals surface area contributed by atoms with Crippen LogP contribution in [0.15, 0.2) is 0 Å². The van der Waals surface area contributed by atoms with Crippen LogP contribution in [-0.4, -0.2) is 63.1 Å². The van der Waals surface area contributed by atoms with Crippen LogP contribution in [0.4, 0.5) is 0 Å². The molecule has 0 fully saturated rings. The summed E-state index contributed by atoms with van der Waals surface area (Å²) < 4.78 is 0. The first kappa shape index (κ1) is 31.1. The van der Waals surface area contributed by atoms with Crippen molar-refractivity contribution in [3.05, 3.63) is 0 Å². The Hall–Kier alpha value is -1.54. The summed E-state index contributed by atoms with van der Waals surface area (Å²) in [5.41, 5.74) is 0. The fraction of sp³-hybridized carbons (Fsp3) is 0. The Labute approximate surface area is 144 Å². The van der Waals surface area contributed by atoms with E-state index in [2.05, 4.69) is 0 Å². The second-order valence-electron chi connectivity index (χ2n) is 1.72. The van der Waals surface area contributed by atoms with Crippen molar-refractivity contribution in [3.63, 3.8) is 0 Å². The summed E-state index contributed by atoms with van der Waals surface area (Å²) in [5.74, 6) is -13.1. The van der Waals surface area contributed by atoms with E-state index in [0.717, 1.165) is 0 Å². The summed E-state index contributed by atoms with van der Waals surface area (Å²) in [7, 11) is 0. The summed E-state index contributed by atoms with van der Waals surface area (Å²) >= 11 is 0. The predicted molar refractivity (Wildman–Crippen MR) is 35.8 cm³/mol. The molecular formula is C6O12PbTi. The molecular weight excluding hydrogens is 519 g/mol. The minimum atomic E-state index is -2.19. The zero-order valence-corrected chi connectivity index (χ0v) is 14.3. The maximum absolute atomic E-state index is 8.93. The average molecular weight is 519 g/mol. The van der Waals surface area contributed by atoms with E-state index >= 15 is 0 Å². The molecule has 14 heteroatoms. The maximum Gasteiger partial charge on any atom is 4.00 e. The van der Waals surface area contributed by atoms with Crippen LogP contribution >= 0.6 is 0 Å². The predicted octanol–water partition coefficient (Wildman–Crippen LogP) is -10.9. The van der Waals surface area contributed by atoms with Crippen molar-refractivity contribution in [2.45, 2.75) is 0 Å². The quantitative estimate of drug-likeness (QED) is 0.214. The number of rotatable bonds is 0. The van der Waals surface area contributed by atoms with Gasteiger partial charge < -0.3 is 59.4 Å². The molecule has 0 saturated carbocycles. The molecule has 0 spiro atoms. The summed E-state index contributed by atoms with van der Waals surface area (Å²) in [5, 5.41) is 53.6. The van der Waals surface area contributed by atoms with Crippen LogP contribution in [0, 0.1) is 0 Å². The molecule has 0 aromatic rings.